The number of likely N-dealkylation sites (tertiary alicyclic amines) is 2. The molecule has 3 aliphatic rings. The first-order valence-corrected chi connectivity index (χ1v) is 8.14. The molecule has 24 heavy (non-hydrogen) atoms. The van der Waals surface area contributed by atoms with Gasteiger partial charge in [-0.05, 0) is 32.6 Å². The Morgan fingerprint density at radius 3 is 2.54 bits per heavy atom. The van der Waals surface area contributed by atoms with Crippen LogP contribution in [-0.4, -0.2) is 64.3 Å². The Bertz CT molecular complexity index is 713. The number of carbonyl (C=O) groups is 2. The number of hydrogen-bond acceptors (Lipinski definition) is 4. The van der Waals surface area contributed by atoms with Gasteiger partial charge in [0.15, 0.2) is 5.67 Å². The maximum Gasteiger partial charge on any atom is 0.265 e. The Balaban J connectivity index is 1.57. The van der Waals surface area contributed by atoms with Gasteiger partial charge in [-0.1, -0.05) is 5.16 Å². The second-order valence-corrected chi connectivity index (χ2v) is 7.26. The first-order chi connectivity index (χ1) is 11.2. The van der Waals surface area contributed by atoms with Gasteiger partial charge in [-0.2, -0.15) is 0 Å². The van der Waals surface area contributed by atoms with Crippen LogP contribution in [0.25, 0.3) is 0 Å². The zero-order valence-corrected chi connectivity index (χ0v) is 13.6. The molecule has 1 aliphatic carbocycles. The van der Waals surface area contributed by atoms with Crippen molar-refractivity contribution >= 4 is 11.8 Å². The zero-order valence-electron chi connectivity index (χ0n) is 13.6. The van der Waals surface area contributed by atoms with E-state index in [0.717, 1.165) is 17.7 Å². The molecule has 8 heteroatoms. The number of fused-ring (bicyclic) bond motifs is 1. The van der Waals surface area contributed by atoms with Crippen LogP contribution < -0.4 is 0 Å². The summed E-state index contributed by atoms with van der Waals surface area (Å²) in [5, 5.41) is 3.70. The van der Waals surface area contributed by atoms with Gasteiger partial charge >= 0.3 is 0 Å². The topological polar surface area (TPSA) is 66.7 Å². The normalized spacial score (nSPS) is 32.6. The summed E-state index contributed by atoms with van der Waals surface area (Å²) in [6.45, 7) is 2.30. The highest BCUT2D eigenvalue weighted by Gasteiger charge is 2.72. The molecule has 2 atom stereocenters. The number of aryl methyl sites for hydroxylation is 2. The van der Waals surface area contributed by atoms with Crippen LogP contribution in [0.2, 0.25) is 0 Å². The van der Waals surface area contributed by atoms with Gasteiger partial charge in [0.1, 0.15) is 11.3 Å². The van der Waals surface area contributed by atoms with Crippen molar-refractivity contribution in [1.82, 2.24) is 15.0 Å². The van der Waals surface area contributed by atoms with Crippen molar-refractivity contribution in [3.63, 3.8) is 0 Å². The molecule has 0 aromatic carbocycles. The monoisotopic (exact) mass is 339 g/mol. The average Bonchev–Trinajstić information content (AvgIpc) is 3.17. The molecule has 2 amide bonds. The van der Waals surface area contributed by atoms with Crippen molar-refractivity contribution in [3.05, 3.63) is 17.0 Å². The Morgan fingerprint density at radius 2 is 2.00 bits per heavy atom. The third-order valence-corrected chi connectivity index (χ3v) is 5.34. The zero-order chi connectivity index (χ0) is 17.3. The third kappa shape index (κ3) is 2.01. The number of alkyl halides is 2. The predicted octanol–water partition coefficient (Wildman–Crippen LogP) is 1.42. The third-order valence-electron chi connectivity index (χ3n) is 5.34. The summed E-state index contributed by atoms with van der Waals surface area (Å²) >= 11 is 0. The fraction of sp³-hybridized carbons (Fsp3) is 0.688. The van der Waals surface area contributed by atoms with E-state index in [1.807, 2.05) is 0 Å². The molecule has 0 radical (unpaired) electrons. The van der Waals surface area contributed by atoms with E-state index in [1.54, 1.807) is 13.8 Å². The molecular weight excluding hydrogens is 320 g/mol. The van der Waals surface area contributed by atoms with E-state index in [0.29, 0.717) is 23.9 Å². The minimum absolute atomic E-state index is 0.212. The van der Waals surface area contributed by atoms with Gasteiger partial charge < -0.3 is 14.3 Å². The summed E-state index contributed by atoms with van der Waals surface area (Å²) in [4.78, 5) is 27.4. The van der Waals surface area contributed by atoms with Crippen molar-refractivity contribution in [2.24, 2.45) is 5.92 Å². The first-order valence-electron chi connectivity index (χ1n) is 8.14. The van der Waals surface area contributed by atoms with Crippen LogP contribution in [0.15, 0.2) is 4.52 Å². The van der Waals surface area contributed by atoms with E-state index in [9.17, 15) is 9.59 Å². The maximum atomic E-state index is 15.3. The Hall–Kier alpha value is -1.99. The number of rotatable bonds is 3. The van der Waals surface area contributed by atoms with Crippen LogP contribution in [0.3, 0.4) is 0 Å². The molecule has 0 N–H and O–H groups in total. The van der Waals surface area contributed by atoms with E-state index in [4.69, 9.17) is 4.52 Å². The SMILES string of the molecule is Cc1noc(C)c1C(=O)N1C[C@@]2(F)CN(CC3CC3)C(=O)[C@@]2(F)C1. The van der Waals surface area contributed by atoms with Crippen LogP contribution in [0.1, 0.15) is 34.7 Å². The number of aromatic nitrogens is 1. The standard InChI is InChI=1S/C16H19F2N3O3/c1-9-12(10(2)24-19-9)13(22)21-7-15(17)6-20(5-11-3-4-11)14(23)16(15,18)8-21/h11H,3-8H2,1-2H3/t15-,16-/m0/s1. The molecule has 0 bridgehead atoms. The number of hydrogen-bond donors (Lipinski definition) is 0. The van der Waals surface area contributed by atoms with Gasteiger partial charge in [-0.15, -0.1) is 0 Å². The van der Waals surface area contributed by atoms with E-state index >= 15 is 8.78 Å². The van der Waals surface area contributed by atoms with Crippen molar-refractivity contribution < 1.29 is 22.9 Å². The average molecular weight is 339 g/mol. The lowest BCUT2D eigenvalue weighted by Crippen LogP contribution is -2.47. The van der Waals surface area contributed by atoms with E-state index in [1.165, 1.54) is 4.90 Å². The molecule has 130 valence electrons. The van der Waals surface area contributed by atoms with Crippen LogP contribution in [0, 0.1) is 19.8 Å². The van der Waals surface area contributed by atoms with Gasteiger partial charge in [0.2, 0.25) is 5.67 Å². The second-order valence-electron chi connectivity index (χ2n) is 7.26. The highest BCUT2D eigenvalue weighted by Crippen LogP contribution is 2.47. The van der Waals surface area contributed by atoms with E-state index < -0.39 is 36.2 Å². The highest BCUT2D eigenvalue weighted by molar-refractivity contribution is 5.98. The van der Waals surface area contributed by atoms with E-state index in [-0.39, 0.29) is 12.1 Å². The number of amides is 2. The van der Waals surface area contributed by atoms with Gasteiger partial charge in [-0.3, -0.25) is 9.59 Å². The molecule has 2 aliphatic heterocycles. The Morgan fingerprint density at radius 1 is 1.29 bits per heavy atom. The van der Waals surface area contributed by atoms with Crippen LogP contribution in [0.5, 0.6) is 0 Å². The van der Waals surface area contributed by atoms with Crippen LogP contribution >= 0.6 is 0 Å². The van der Waals surface area contributed by atoms with Gasteiger partial charge in [-0.25, -0.2) is 8.78 Å². The Labute approximate surface area is 137 Å². The molecule has 0 unspecified atom stereocenters. The summed E-state index contributed by atoms with van der Waals surface area (Å²) in [6, 6.07) is 0. The molecule has 6 nitrogen and oxygen atoms in total. The lowest BCUT2D eigenvalue weighted by molar-refractivity contribution is -0.139. The Kier molecular flexibility index (Phi) is 3.08. The molecule has 1 aromatic rings. The molecule has 3 fully saturated rings. The molecule has 0 spiro atoms. The lowest BCUT2D eigenvalue weighted by Gasteiger charge is -2.22. The largest absolute Gasteiger partial charge is 0.361 e. The fourth-order valence-electron chi connectivity index (χ4n) is 3.80. The van der Waals surface area contributed by atoms with E-state index in [2.05, 4.69) is 5.16 Å². The molecule has 1 aromatic heterocycles. The number of nitrogens with zero attached hydrogens (tertiary/aromatic N) is 3. The first kappa shape index (κ1) is 15.5. The number of halogens is 2. The van der Waals surface area contributed by atoms with Crippen molar-refractivity contribution in [2.75, 3.05) is 26.2 Å². The minimum Gasteiger partial charge on any atom is -0.361 e. The quantitative estimate of drug-likeness (QED) is 0.835. The summed E-state index contributed by atoms with van der Waals surface area (Å²) in [6.07, 6.45) is 2.00. The molecule has 4 rings (SSSR count). The van der Waals surface area contributed by atoms with Crippen molar-refractivity contribution in [2.45, 2.75) is 38.0 Å². The molecular formula is C16H19F2N3O3. The molecule has 1 saturated carbocycles. The van der Waals surface area contributed by atoms with Gasteiger partial charge in [0.25, 0.3) is 11.8 Å². The lowest BCUT2D eigenvalue weighted by atomic mass is 9.93. The van der Waals surface area contributed by atoms with Crippen molar-refractivity contribution in [1.29, 1.82) is 0 Å². The van der Waals surface area contributed by atoms with Crippen molar-refractivity contribution in [3.8, 4) is 0 Å². The summed E-state index contributed by atoms with van der Waals surface area (Å²) < 4.78 is 35.4. The molecule has 2 saturated heterocycles. The molecule has 3 heterocycles. The van der Waals surface area contributed by atoms with Gasteiger partial charge in [0.05, 0.1) is 25.3 Å². The fourth-order valence-corrected chi connectivity index (χ4v) is 3.80. The highest BCUT2D eigenvalue weighted by atomic mass is 19.2. The second kappa shape index (κ2) is 4.77. The smallest absolute Gasteiger partial charge is 0.265 e. The predicted molar refractivity (Wildman–Crippen MR) is 78.9 cm³/mol. The van der Waals surface area contributed by atoms with Crippen LogP contribution in [-0.2, 0) is 4.79 Å². The summed E-state index contributed by atoms with van der Waals surface area (Å²) in [5.74, 6) is -0.709. The summed E-state index contributed by atoms with van der Waals surface area (Å²) in [7, 11) is 0. The minimum atomic E-state index is -2.66. The van der Waals surface area contributed by atoms with Crippen LogP contribution in [0.4, 0.5) is 8.78 Å². The number of carbonyl (C=O) groups excluding carboxylic acids is 2. The maximum absolute atomic E-state index is 15.3. The van der Waals surface area contributed by atoms with Gasteiger partial charge in [0, 0.05) is 6.54 Å². The summed E-state index contributed by atoms with van der Waals surface area (Å²) in [5.41, 5.74) is -4.43.